The first-order chi connectivity index (χ1) is 13.2. The lowest BCUT2D eigenvalue weighted by Gasteiger charge is -2.20. The van der Waals surface area contributed by atoms with Gasteiger partial charge in [0.1, 0.15) is 11.6 Å². The summed E-state index contributed by atoms with van der Waals surface area (Å²) in [7, 11) is 2.97. The summed E-state index contributed by atoms with van der Waals surface area (Å²) in [6.45, 7) is 5.29. The third-order valence-electron chi connectivity index (χ3n) is 4.92. The number of carbonyl (C=O) groups excluding carboxylic acids is 1. The van der Waals surface area contributed by atoms with Crippen LogP contribution >= 0.6 is 0 Å². The third kappa shape index (κ3) is 4.27. The van der Waals surface area contributed by atoms with Crippen LogP contribution in [0.4, 0.5) is 0 Å². The first-order valence-corrected chi connectivity index (χ1v) is 8.93. The normalized spacial score (nSPS) is 13.0. The minimum absolute atomic E-state index is 0.172. The Morgan fingerprint density at radius 3 is 2.36 bits per heavy atom. The Labute approximate surface area is 162 Å². The number of amides is 1. The summed E-state index contributed by atoms with van der Waals surface area (Å²) < 4.78 is 15.8. The van der Waals surface area contributed by atoms with Crippen molar-refractivity contribution in [2.75, 3.05) is 14.2 Å². The van der Waals surface area contributed by atoms with Crippen molar-refractivity contribution in [1.29, 1.82) is 0 Å². The van der Waals surface area contributed by atoms with E-state index < -0.39 is 23.5 Å². The number of nitrogens with one attached hydrogen (secondary N) is 1. The molecule has 28 heavy (non-hydrogen) atoms. The smallest absolute Gasteiger partial charge is 0.340 e. The number of benzene rings is 1. The molecule has 0 radical (unpaired) electrons. The largest absolute Gasteiger partial charge is 0.493 e. The molecule has 0 aliphatic heterocycles. The first-order valence-electron chi connectivity index (χ1n) is 8.93. The number of carbonyl (C=O) groups is 2. The van der Waals surface area contributed by atoms with E-state index in [1.54, 1.807) is 26.0 Å². The molecule has 2 atom stereocenters. The number of fused-ring (bicyclic) bond motifs is 1. The van der Waals surface area contributed by atoms with Gasteiger partial charge in [-0.15, -0.1) is 0 Å². The molecule has 0 fully saturated rings. The van der Waals surface area contributed by atoms with Crippen LogP contribution in [-0.2, 0) is 16.0 Å². The number of rotatable bonds is 8. The molecule has 0 bridgehead atoms. The molecule has 0 saturated heterocycles. The van der Waals surface area contributed by atoms with Crippen molar-refractivity contribution in [2.45, 2.75) is 39.7 Å². The highest BCUT2D eigenvalue weighted by Gasteiger charge is 2.26. The van der Waals surface area contributed by atoms with Crippen LogP contribution in [0.15, 0.2) is 21.3 Å². The monoisotopic (exact) mass is 391 g/mol. The van der Waals surface area contributed by atoms with Gasteiger partial charge in [-0.1, -0.05) is 20.3 Å². The van der Waals surface area contributed by atoms with E-state index in [-0.39, 0.29) is 17.9 Å². The van der Waals surface area contributed by atoms with Gasteiger partial charge in [0.05, 0.1) is 26.2 Å². The molecular weight excluding hydrogens is 366 g/mol. The zero-order chi connectivity index (χ0) is 21.0. The summed E-state index contributed by atoms with van der Waals surface area (Å²) in [5.41, 5.74) is 0.401. The molecule has 1 amide bonds. The fraction of sp³-hybridized carbons (Fsp3) is 0.450. The van der Waals surface area contributed by atoms with E-state index in [0.717, 1.165) is 0 Å². The van der Waals surface area contributed by atoms with Gasteiger partial charge in [0.25, 0.3) is 0 Å². The molecule has 0 spiro atoms. The fourth-order valence-corrected chi connectivity index (χ4v) is 2.99. The topological polar surface area (TPSA) is 115 Å². The minimum atomic E-state index is -1.11. The van der Waals surface area contributed by atoms with Gasteiger partial charge in [0.2, 0.25) is 5.91 Å². The predicted octanol–water partition coefficient (Wildman–Crippen LogP) is 2.28. The number of hydrogen-bond acceptors (Lipinski definition) is 6. The Bertz CT molecular complexity index is 948. The van der Waals surface area contributed by atoms with E-state index >= 15 is 0 Å². The molecule has 0 saturated carbocycles. The zero-order valence-electron chi connectivity index (χ0n) is 16.6. The molecule has 152 valence electrons. The number of aryl methyl sites for hydroxylation is 1. The van der Waals surface area contributed by atoms with Crippen molar-refractivity contribution in [3.63, 3.8) is 0 Å². The van der Waals surface area contributed by atoms with Crippen LogP contribution in [0.2, 0.25) is 0 Å². The maximum Gasteiger partial charge on any atom is 0.340 e. The standard InChI is InChI=1S/C20H25NO7/c1-6-10(2)18(19(23)24)21-17(22)8-13-11(3)12-7-15(26-4)16(27-5)9-14(12)28-20(13)25/h7,9-10,18H,6,8H2,1-5H3,(H,21,22)(H,23,24). The van der Waals surface area contributed by atoms with Crippen LogP contribution in [0.25, 0.3) is 11.0 Å². The molecule has 2 N–H and O–H groups in total. The van der Waals surface area contributed by atoms with E-state index in [0.29, 0.717) is 34.5 Å². The summed E-state index contributed by atoms with van der Waals surface area (Å²) >= 11 is 0. The van der Waals surface area contributed by atoms with Gasteiger partial charge < -0.3 is 24.3 Å². The van der Waals surface area contributed by atoms with Crippen molar-refractivity contribution >= 4 is 22.8 Å². The minimum Gasteiger partial charge on any atom is -0.493 e. The molecule has 2 unspecified atom stereocenters. The molecular formula is C20H25NO7. The average Bonchev–Trinajstić information content (AvgIpc) is 2.67. The summed E-state index contributed by atoms with van der Waals surface area (Å²) in [6, 6.07) is 2.21. The van der Waals surface area contributed by atoms with Gasteiger partial charge in [-0.3, -0.25) is 4.79 Å². The SMILES string of the molecule is CCC(C)C(NC(=O)Cc1c(C)c2cc(OC)c(OC)cc2oc1=O)C(=O)O. The molecule has 8 nitrogen and oxygen atoms in total. The molecule has 1 heterocycles. The Morgan fingerprint density at radius 1 is 1.21 bits per heavy atom. The predicted molar refractivity (Wildman–Crippen MR) is 103 cm³/mol. The number of methoxy groups -OCH3 is 2. The van der Waals surface area contributed by atoms with Gasteiger partial charge in [-0.2, -0.15) is 0 Å². The molecule has 8 heteroatoms. The Balaban J connectivity index is 2.40. The van der Waals surface area contributed by atoms with Gasteiger partial charge in [0, 0.05) is 11.5 Å². The summed E-state index contributed by atoms with van der Waals surface area (Å²) in [5, 5.41) is 12.4. The van der Waals surface area contributed by atoms with E-state index in [1.165, 1.54) is 14.2 Å². The molecule has 1 aromatic carbocycles. The van der Waals surface area contributed by atoms with Gasteiger partial charge in [-0.25, -0.2) is 9.59 Å². The molecule has 1 aromatic heterocycles. The Morgan fingerprint density at radius 2 is 1.82 bits per heavy atom. The van der Waals surface area contributed by atoms with Crippen molar-refractivity contribution in [3.05, 3.63) is 33.7 Å². The highest BCUT2D eigenvalue weighted by atomic mass is 16.5. The highest BCUT2D eigenvalue weighted by molar-refractivity contribution is 5.88. The first kappa shape index (κ1) is 21.3. The quantitative estimate of drug-likeness (QED) is 0.663. The Hall–Kier alpha value is -3.03. The maximum atomic E-state index is 12.4. The lowest BCUT2D eigenvalue weighted by molar-refractivity contribution is -0.143. The highest BCUT2D eigenvalue weighted by Crippen LogP contribution is 2.33. The van der Waals surface area contributed by atoms with Crippen molar-refractivity contribution in [3.8, 4) is 11.5 Å². The third-order valence-corrected chi connectivity index (χ3v) is 4.92. The van der Waals surface area contributed by atoms with E-state index in [1.807, 2.05) is 6.92 Å². The fourth-order valence-electron chi connectivity index (χ4n) is 2.99. The molecule has 2 aromatic rings. The van der Waals surface area contributed by atoms with Crippen LogP contribution in [0.3, 0.4) is 0 Å². The van der Waals surface area contributed by atoms with Crippen LogP contribution in [0.5, 0.6) is 11.5 Å². The Kier molecular flexibility index (Phi) is 6.66. The van der Waals surface area contributed by atoms with Gasteiger partial charge >= 0.3 is 11.6 Å². The zero-order valence-corrected chi connectivity index (χ0v) is 16.6. The number of aliphatic carboxylic acids is 1. The number of carboxylic acids is 1. The van der Waals surface area contributed by atoms with Gasteiger partial charge in [0.15, 0.2) is 11.5 Å². The van der Waals surface area contributed by atoms with Crippen molar-refractivity contribution < 1.29 is 28.6 Å². The van der Waals surface area contributed by atoms with Crippen LogP contribution in [0.1, 0.15) is 31.4 Å². The van der Waals surface area contributed by atoms with Crippen LogP contribution < -0.4 is 20.4 Å². The van der Waals surface area contributed by atoms with Crippen molar-refractivity contribution in [2.24, 2.45) is 5.92 Å². The van der Waals surface area contributed by atoms with E-state index in [9.17, 15) is 19.5 Å². The van der Waals surface area contributed by atoms with Crippen molar-refractivity contribution in [1.82, 2.24) is 5.32 Å². The molecule has 0 aliphatic rings. The summed E-state index contributed by atoms with van der Waals surface area (Å²) in [5.74, 6) is -1.03. The lowest BCUT2D eigenvalue weighted by atomic mass is 9.98. The second-order valence-electron chi connectivity index (χ2n) is 6.64. The lowest BCUT2D eigenvalue weighted by Crippen LogP contribution is -2.45. The van der Waals surface area contributed by atoms with Crippen LogP contribution in [-0.4, -0.2) is 37.2 Å². The average molecular weight is 391 g/mol. The van der Waals surface area contributed by atoms with Crippen LogP contribution in [0, 0.1) is 12.8 Å². The summed E-state index contributed by atoms with van der Waals surface area (Å²) in [6.07, 6.45) is 0.314. The second kappa shape index (κ2) is 8.77. The van der Waals surface area contributed by atoms with E-state index in [4.69, 9.17) is 13.9 Å². The number of ether oxygens (including phenoxy) is 2. The molecule has 0 aliphatic carbocycles. The second-order valence-corrected chi connectivity index (χ2v) is 6.64. The number of hydrogen-bond donors (Lipinski definition) is 2. The molecule has 2 rings (SSSR count). The van der Waals surface area contributed by atoms with Gasteiger partial charge in [-0.05, 0) is 24.5 Å². The van der Waals surface area contributed by atoms with E-state index in [2.05, 4.69) is 5.32 Å². The number of carboxylic acid groups (broad SMARTS) is 1. The summed E-state index contributed by atoms with van der Waals surface area (Å²) in [4.78, 5) is 36.2. The maximum absolute atomic E-state index is 12.4.